The van der Waals surface area contributed by atoms with Crippen molar-refractivity contribution in [2.75, 3.05) is 31.1 Å². The number of hydrogen-bond acceptors (Lipinski definition) is 4. The number of anilines is 1. The third-order valence-corrected chi connectivity index (χ3v) is 6.79. The van der Waals surface area contributed by atoms with Crippen molar-refractivity contribution in [3.05, 3.63) is 64.7 Å². The molecule has 4 nitrogen and oxygen atoms in total. The quantitative estimate of drug-likeness (QED) is 0.739. The summed E-state index contributed by atoms with van der Waals surface area (Å²) in [4.78, 5) is 17.8. The molecule has 2 unspecified atom stereocenters. The number of halogens is 2. The summed E-state index contributed by atoms with van der Waals surface area (Å²) >= 11 is 0. The molecule has 29 heavy (non-hydrogen) atoms. The second-order valence-corrected chi connectivity index (χ2v) is 8.40. The van der Waals surface area contributed by atoms with Gasteiger partial charge in [0, 0.05) is 30.3 Å². The lowest BCUT2D eigenvalue weighted by molar-refractivity contribution is 0.0241. The van der Waals surface area contributed by atoms with Gasteiger partial charge in [0.15, 0.2) is 5.78 Å². The lowest BCUT2D eigenvalue weighted by atomic mass is 9.83. The summed E-state index contributed by atoms with van der Waals surface area (Å²) in [5.74, 6) is -0.879. The number of piperidine rings is 2. The highest BCUT2D eigenvalue weighted by Crippen LogP contribution is 2.37. The molecule has 2 atom stereocenters. The zero-order valence-corrected chi connectivity index (χ0v) is 16.2. The van der Waals surface area contributed by atoms with E-state index in [1.165, 1.54) is 30.3 Å². The number of fused-ring (bicyclic) bond motifs is 2. The third kappa shape index (κ3) is 3.24. The highest BCUT2D eigenvalue weighted by atomic mass is 19.1. The van der Waals surface area contributed by atoms with Crippen LogP contribution in [0.25, 0.3) is 0 Å². The van der Waals surface area contributed by atoms with Gasteiger partial charge >= 0.3 is 0 Å². The van der Waals surface area contributed by atoms with E-state index in [-0.39, 0.29) is 23.6 Å². The molecule has 2 aromatic carbocycles. The smallest absolute Gasteiger partial charge is 0.195 e. The van der Waals surface area contributed by atoms with Crippen molar-refractivity contribution in [1.29, 1.82) is 0 Å². The standard InChI is InChI=1S/C23H24F2N2O2/c24-15-1-3-17-19(11-15)14-5-8-26(9-6-14)20-7-10-27(13-22(20)28)21-12-16(25)2-4-18(21)23(17)29/h1-4,11-12,14,20,22,28H,5-10,13H2. The first-order valence-corrected chi connectivity index (χ1v) is 10.3. The molecule has 0 spiro atoms. The average Bonchev–Trinajstić information content (AvgIpc) is 2.74. The van der Waals surface area contributed by atoms with E-state index < -0.39 is 11.9 Å². The van der Waals surface area contributed by atoms with Crippen LogP contribution >= 0.6 is 0 Å². The number of benzene rings is 2. The second kappa shape index (κ2) is 7.18. The van der Waals surface area contributed by atoms with Crippen LogP contribution in [0.4, 0.5) is 14.5 Å². The Bertz CT molecular complexity index is 956. The fourth-order valence-electron chi connectivity index (χ4n) is 5.29. The number of carbonyl (C=O) groups excluding carboxylic acids is 1. The van der Waals surface area contributed by atoms with Crippen molar-refractivity contribution in [1.82, 2.24) is 4.90 Å². The van der Waals surface area contributed by atoms with Crippen molar-refractivity contribution in [2.45, 2.75) is 37.3 Å². The molecule has 152 valence electrons. The maximum atomic E-state index is 14.1. The van der Waals surface area contributed by atoms with Gasteiger partial charge in [-0.3, -0.25) is 9.69 Å². The predicted molar refractivity (Wildman–Crippen MR) is 106 cm³/mol. The molecular formula is C23H24F2N2O2. The normalized spacial score (nSPS) is 28.9. The summed E-state index contributed by atoms with van der Waals surface area (Å²) in [5, 5.41) is 10.8. The Labute approximate surface area is 168 Å². The molecule has 2 fully saturated rings. The third-order valence-electron chi connectivity index (χ3n) is 6.79. The summed E-state index contributed by atoms with van der Waals surface area (Å²) in [7, 11) is 0. The van der Waals surface area contributed by atoms with Gasteiger partial charge in [0.1, 0.15) is 11.6 Å². The van der Waals surface area contributed by atoms with Crippen LogP contribution in [0, 0.1) is 11.6 Å². The molecule has 0 radical (unpaired) electrons. The number of ketones is 1. The predicted octanol–water partition coefficient (Wildman–Crippen LogP) is 3.33. The molecule has 5 aliphatic heterocycles. The highest BCUT2D eigenvalue weighted by Gasteiger charge is 2.37. The van der Waals surface area contributed by atoms with E-state index in [4.69, 9.17) is 0 Å². The van der Waals surface area contributed by atoms with Crippen molar-refractivity contribution in [3.8, 4) is 0 Å². The topological polar surface area (TPSA) is 43.8 Å². The van der Waals surface area contributed by atoms with Crippen LogP contribution in [0.1, 0.15) is 46.7 Å². The van der Waals surface area contributed by atoms with Gasteiger partial charge in [-0.1, -0.05) is 0 Å². The minimum Gasteiger partial charge on any atom is -0.390 e. The molecule has 0 aromatic heterocycles. The van der Waals surface area contributed by atoms with Gasteiger partial charge in [0.2, 0.25) is 0 Å². The van der Waals surface area contributed by atoms with Gasteiger partial charge in [-0.25, -0.2) is 8.78 Å². The molecule has 4 bridgehead atoms. The Hall–Kier alpha value is -2.31. The number of carbonyl (C=O) groups is 1. The zero-order chi connectivity index (χ0) is 20.1. The largest absolute Gasteiger partial charge is 0.390 e. The van der Waals surface area contributed by atoms with E-state index in [1.54, 1.807) is 6.07 Å². The lowest BCUT2D eigenvalue weighted by Gasteiger charge is -2.45. The minimum absolute atomic E-state index is 0.0626. The summed E-state index contributed by atoms with van der Waals surface area (Å²) < 4.78 is 28.2. The monoisotopic (exact) mass is 398 g/mol. The van der Waals surface area contributed by atoms with Crippen LogP contribution in [-0.2, 0) is 0 Å². The van der Waals surface area contributed by atoms with Gasteiger partial charge in [0.05, 0.1) is 11.8 Å². The molecule has 5 heterocycles. The van der Waals surface area contributed by atoms with E-state index in [0.29, 0.717) is 29.9 Å². The van der Waals surface area contributed by atoms with Crippen LogP contribution in [0.3, 0.4) is 0 Å². The van der Waals surface area contributed by atoms with Gasteiger partial charge in [-0.15, -0.1) is 0 Å². The second-order valence-electron chi connectivity index (χ2n) is 8.40. The molecule has 7 rings (SSSR count). The van der Waals surface area contributed by atoms with Crippen molar-refractivity contribution >= 4 is 11.5 Å². The zero-order valence-electron chi connectivity index (χ0n) is 16.2. The van der Waals surface area contributed by atoms with Gasteiger partial charge < -0.3 is 10.0 Å². The Morgan fingerprint density at radius 3 is 2.31 bits per heavy atom. The number of aliphatic hydroxyl groups excluding tert-OH is 1. The van der Waals surface area contributed by atoms with E-state index in [0.717, 1.165) is 37.9 Å². The molecule has 0 aliphatic carbocycles. The fourth-order valence-corrected chi connectivity index (χ4v) is 5.29. The van der Waals surface area contributed by atoms with Crippen LogP contribution in [0.15, 0.2) is 36.4 Å². The fraction of sp³-hybridized carbons (Fsp3) is 0.435. The Balaban J connectivity index is 1.69. The first-order chi connectivity index (χ1) is 14.0. The maximum Gasteiger partial charge on any atom is 0.195 e. The number of hydrogen-bond donors (Lipinski definition) is 1. The van der Waals surface area contributed by atoms with Gasteiger partial charge in [-0.2, -0.15) is 0 Å². The molecule has 6 heteroatoms. The molecule has 1 N–H and O–H groups in total. The average molecular weight is 398 g/mol. The highest BCUT2D eigenvalue weighted by molar-refractivity contribution is 6.13. The van der Waals surface area contributed by atoms with Crippen LogP contribution in [0.2, 0.25) is 0 Å². The van der Waals surface area contributed by atoms with E-state index in [9.17, 15) is 18.7 Å². The summed E-state index contributed by atoms with van der Waals surface area (Å²) in [6, 6.07) is 8.61. The summed E-state index contributed by atoms with van der Waals surface area (Å²) in [5.41, 5.74) is 2.14. The first kappa shape index (κ1) is 18.7. The van der Waals surface area contributed by atoms with E-state index in [1.807, 2.05) is 4.90 Å². The molecule has 0 saturated carbocycles. The summed E-state index contributed by atoms with van der Waals surface area (Å²) in [6.07, 6.45) is 1.85. The molecular weight excluding hydrogens is 374 g/mol. The van der Waals surface area contributed by atoms with Crippen LogP contribution in [0.5, 0.6) is 0 Å². The van der Waals surface area contributed by atoms with Crippen LogP contribution < -0.4 is 4.90 Å². The van der Waals surface area contributed by atoms with Crippen molar-refractivity contribution in [3.63, 3.8) is 0 Å². The van der Waals surface area contributed by atoms with Crippen molar-refractivity contribution < 1.29 is 18.7 Å². The van der Waals surface area contributed by atoms with E-state index >= 15 is 0 Å². The number of aliphatic hydroxyl groups is 1. The lowest BCUT2D eigenvalue weighted by Crippen LogP contribution is -2.55. The van der Waals surface area contributed by atoms with Gasteiger partial charge in [-0.05, 0) is 80.2 Å². The van der Waals surface area contributed by atoms with Crippen molar-refractivity contribution in [2.24, 2.45) is 0 Å². The van der Waals surface area contributed by atoms with Gasteiger partial charge in [0.25, 0.3) is 0 Å². The maximum absolute atomic E-state index is 14.1. The number of nitrogens with zero attached hydrogens (tertiary/aromatic N) is 2. The van der Waals surface area contributed by atoms with E-state index in [2.05, 4.69) is 4.90 Å². The molecule has 2 saturated heterocycles. The summed E-state index contributed by atoms with van der Waals surface area (Å²) in [6.45, 7) is 2.66. The molecule has 0 amide bonds. The molecule has 5 aliphatic rings. The minimum atomic E-state index is -0.563. The Kier molecular flexibility index (Phi) is 4.63. The SMILES string of the molecule is O=C1c2ccc(F)cc2C2CCN(CC2)C2CCN(CC2O)c2cc(F)ccc21. The Morgan fingerprint density at radius 2 is 1.59 bits per heavy atom. The molecule has 2 aromatic rings. The number of rotatable bonds is 0. The first-order valence-electron chi connectivity index (χ1n) is 10.3. The van der Waals surface area contributed by atoms with Crippen LogP contribution in [-0.4, -0.2) is 54.1 Å². The Morgan fingerprint density at radius 1 is 0.897 bits per heavy atom.